The number of nitrogens with zero attached hydrogens (tertiary/aromatic N) is 3. The van der Waals surface area contributed by atoms with Gasteiger partial charge in [-0.05, 0) is 24.6 Å². The summed E-state index contributed by atoms with van der Waals surface area (Å²) in [6.07, 6.45) is 3.44. The van der Waals surface area contributed by atoms with Crippen LogP contribution in [-0.4, -0.2) is 26.6 Å². The number of hydrogen-bond donors (Lipinski definition) is 2. The first kappa shape index (κ1) is 22.6. The summed E-state index contributed by atoms with van der Waals surface area (Å²) < 4.78 is 2.41. The van der Waals surface area contributed by atoms with E-state index in [2.05, 4.69) is 27.9 Å². The van der Waals surface area contributed by atoms with Crippen LogP contribution in [0, 0.1) is 0 Å². The van der Waals surface area contributed by atoms with Crippen molar-refractivity contribution in [2.75, 3.05) is 0 Å². The molecule has 0 aliphatic carbocycles. The summed E-state index contributed by atoms with van der Waals surface area (Å²) in [6.45, 7) is 2.52. The molecule has 4 aromatic rings. The first-order chi connectivity index (χ1) is 16.1. The highest BCUT2D eigenvalue weighted by molar-refractivity contribution is 7.18. The van der Waals surface area contributed by atoms with Gasteiger partial charge in [-0.2, -0.15) is 5.10 Å². The molecule has 2 N–H and O–H groups in total. The number of hydrazine groups is 1. The van der Waals surface area contributed by atoms with Gasteiger partial charge in [-0.3, -0.25) is 25.2 Å². The monoisotopic (exact) mass is 463 g/mol. The van der Waals surface area contributed by atoms with Crippen LogP contribution < -0.4 is 16.4 Å². The van der Waals surface area contributed by atoms with Gasteiger partial charge in [0.25, 0.3) is 11.5 Å². The third-order valence-electron chi connectivity index (χ3n) is 5.28. The minimum absolute atomic E-state index is 0.105. The Hall–Kier alpha value is -3.59. The first-order valence-corrected chi connectivity index (χ1v) is 11.8. The third-order valence-corrected chi connectivity index (χ3v) is 6.37. The van der Waals surface area contributed by atoms with Gasteiger partial charge in [0.05, 0.1) is 20.6 Å². The van der Waals surface area contributed by atoms with E-state index in [1.165, 1.54) is 4.68 Å². The summed E-state index contributed by atoms with van der Waals surface area (Å²) in [4.78, 5) is 42.4. The summed E-state index contributed by atoms with van der Waals surface area (Å²) >= 11 is 1.55. The molecule has 170 valence electrons. The highest BCUT2D eigenvalue weighted by Crippen LogP contribution is 2.22. The molecule has 0 aliphatic heterocycles. The smallest absolute Gasteiger partial charge is 0.273 e. The molecular weight excluding hydrogens is 438 g/mol. The van der Waals surface area contributed by atoms with E-state index in [0.29, 0.717) is 23.7 Å². The maximum Gasteiger partial charge on any atom is 0.290 e. The quantitative estimate of drug-likeness (QED) is 0.307. The molecule has 0 radical (unpaired) electrons. The van der Waals surface area contributed by atoms with Gasteiger partial charge in [0.2, 0.25) is 5.91 Å². The fourth-order valence-electron chi connectivity index (χ4n) is 3.56. The van der Waals surface area contributed by atoms with Crippen LogP contribution in [0.2, 0.25) is 0 Å². The van der Waals surface area contributed by atoms with Crippen molar-refractivity contribution in [1.82, 2.24) is 25.6 Å². The molecule has 33 heavy (non-hydrogen) atoms. The molecule has 0 fully saturated rings. The predicted octanol–water partition coefficient (Wildman–Crippen LogP) is 3.59. The number of aromatic nitrogens is 3. The number of thiazole rings is 1. The number of carbonyl (C=O) groups is 2. The van der Waals surface area contributed by atoms with E-state index in [9.17, 15) is 14.4 Å². The topological polar surface area (TPSA) is 106 Å². The van der Waals surface area contributed by atoms with Crippen molar-refractivity contribution in [2.45, 2.75) is 45.6 Å². The lowest BCUT2D eigenvalue weighted by Crippen LogP contribution is -2.43. The van der Waals surface area contributed by atoms with Crippen LogP contribution in [0.5, 0.6) is 0 Å². The number of nitrogens with one attached hydrogen (secondary N) is 2. The van der Waals surface area contributed by atoms with Gasteiger partial charge in [-0.15, -0.1) is 11.3 Å². The second kappa shape index (κ2) is 10.4. The molecule has 0 spiro atoms. The second-order valence-electron chi connectivity index (χ2n) is 7.71. The summed E-state index contributed by atoms with van der Waals surface area (Å²) in [5, 5.41) is 6.05. The van der Waals surface area contributed by atoms with E-state index in [4.69, 9.17) is 0 Å². The Bertz CT molecular complexity index is 1330. The van der Waals surface area contributed by atoms with Gasteiger partial charge >= 0.3 is 0 Å². The van der Waals surface area contributed by atoms with E-state index in [0.717, 1.165) is 34.5 Å². The number of hydrogen-bond acceptors (Lipinski definition) is 6. The summed E-state index contributed by atoms with van der Waals surface area (Å²) in [5.41, 5.74) is 5.68. The fourth-order valence-corrected chi connectivity index (χ4v) is 4.53. The van der Waals surface area contributed by atoms with Crippen molar-refractivity contribution >= 4 is 44.1 Å². The van der Waals surface area contributed by atoms with Gasteiger partial charge in [0.15, 0.2) is 5.69 Å². The Morgan fingerprint density at radius 3 is 2.55 bits per heavy atom. The number of fused-ring (bicyclic) bond motifs is 2. The molecule has 2 aromatic carbocycles. The number of para-hydroxylation sites is 1. The Labute approximate surface area is 194 Å². The number of aryl methyl sites for hydroxylation is 2. The van der Waals surface area contributed by atoms with E-state index < -0.39 is 5.91 Å². The van der Waals surface area contributed by atoms with E-state index >= 15 is 0 Å². The number of unbranched alkanes of at least 4 members (excludes halogenated alkanes) is 2. The van der Waals surface area contributed by atoms with Crippen molar-refractivity contribution in [3.05, 3.63) is 69.6 Å². The minimum Gasteiger partial charge on any atom is -0.273 e. The first-order valence-electron chi connectivity index (χ1n) is 11.0. The van der Waals surface area contributed by atoms with Crippen molar-refractivity contribution in [3.8, 4) is 0 Å². The van der Waals surface area contributed by atoms with Crippen molar-refractivity contribution in [2.24, 2.45) is 0 Å². The SMILES string of the molecule is CCCCCn1nc(C(=O)NNC(=O)CCc2nc3ccccc3s2)c2ccccc2c1=O. The van der Waals surface area contributed by atoms with Gasteiger partial charge in [-0.25, -0.2) is 9.67 Å². The molecule has 0 unspecified atom stereocenters. The molecule has 2 amide bonds. The normalized spacial score (nSPS) is 11.1. The van der Waals surface area contributed by atoms with Crippen molar-refractivity contribution in [1.29, 1.82) is 0 Å². The molecule has 0 saturated carbocycles. The average Bonchev–Trinajstić information content (AvgIpc) is 3.26. The van der Waals surface area contributed by atoms with E-state index in [1.54, 1.807) is 35.6 Å². The largest absolute Gasteiger partial charge is 0.290 e. The fraction of sp³-hybridized carbons (Fsp3) is 0.292. The van der Waals surface area contributed by atoms with Crippen LogP contribution in [0.25, 0.3) is 21.0 Å². The summed E-state index contributed by atoms with van der Waals surface area (Å²) in [6, 6.07) is 14.7. The summed E-state index contributed by atoms with van der Waals surface area (Å²) in [5.74, 6) is -0.896. The number of carbonyl (C=O) groups excluding carboxylic acids is 2. The Morgan fingerprint density at radius 1 is 1.00 bits per heavy atom. The molecule has 0 aliphatic rings. The van der Waals surface area contributed by atoms with Crippen LogP contribution in [0.1, 0.15) is 48.1 Å². The minimum atomic E-state index is -0.566. The molecule has 9 heteroatoms. The predicted molar refractivity (Wildman–Crippen MR) is 129 cm³/mol. The van der Waals surface area contributed by atoms with Crippen molar-refractivity contribution in [3.63, 3.8) is 0 Å². The standard InChI is InChI=1S/C24H25N5O3S/c1-2-3-8-15-29-24(32)17-10-5-4-9-16(17)22(28-29)23(31)27-26-20(30)13-14-21-25-18-11-6-7-12-19(18)33-21/h4-7,9-12H,2-3,8,13-15H2,1H3,(H,26,30)(H,27,31). The molecule has 2 heterocycles. The maximum absolute atomic E-state index is 12.8. The average molecular weight is 464 g/mol. The highest BCUT2D eigenvalue weighted by atomic mass is 32.1. The molecule has 0 atom stereocenters. The van der Waals surface area contributed by atoms with Gasteiger partial charge in [0.1, 0.15) is 0 Å². The molecule has 8 nitrogen and oxygen atoms in total. The molecular formula is C24H25N5O3S. The van der Waals surface area contributed by atoms with Crippen molar-refractivity contribution < 1.29 is 9.59 Å². The lowest BCUT2D eigenvalue weighted by atomic mass is 10.1. The van der Waals surface area contributed by atoms with Crippen LogP contribution in [-0.2, 0) is 17.8 Å². The Kier molecular flexibility index (Phi) is 7.09. The zero-order valence-electron chi connectivity index (χ0n) is 18.3. The van der Waals surface area contributed by atoms with Gasteiger partial charge < -0.3 is 0 Å². The van der Waals surface area contributed by atoms with Crippen LogP contribution >= 0.6 is 11.3 Å². The molecule has 0 saturated heterocycles. The zero-order valence-corrected chi connectivity index (χ0v) is 19.2. The van der Waals surface area contributed by atoms with Crippen LogP contribution in [0.4, 0.5) is 0 Å². The van der Waals surface area contributed by atoms with Gasteiger partial charge in [0, 0.05) is 24.8 Å². The number of rotatable bonds is 8. The number of benzene rings is 2. The lowest BCUT2D eigenvalue weighted by Gasteiger charge is -2.11. The summed E-state index contributed by atoms with van der Waals surface area (Å²) in [7, 11) is 0. The molecule has 0 bridgehead atoms. The molecule has 4 rings (SSSR count). The van der Waals surface area contributed by atoms with Crippen LogP contribution in [0.3, 0.4) is 0 Å². The zero-order chi connectivity index (χ0) is 23.2. The van der Waals surface area contributed by atoms with E-state index in [-0.39, 0.29) is 23.6 Å². The number of amides is 2. The Balaban J connectivity index is 1.42. The lowest BCUT2D eigenvalue weighted by molar-refractivity contribution is -0.121. The molecule has 2 aromatic heterocycles. The van der Waals surface area contributed by atoms with Gasteiger partial charge in [-0.1, -0.05) is 50.1 Å². The second-order valence-corrected chi connectivity index (χ2v) is 8.82. The third kappa shape index (κ3) is 5.25. The Morgan fingerprint density at radius 2 is 1.76 bits per heavy atom. The highest BCUT2D eigenvalue weighted by Gasteiger charge is 2.17. The maximum atomic E-state index is 12.8. The van der Waals surface area contributed by atoms with E-state index in [1.807, 2.05) is 24.3 Å². The van der Waals surface area contributed by atoms with Crippen LogP contribution in [0.15, 0.2) is 53.3 Å².